The maximum Gasteiger partial charge on any atom is 0.0666 e. The lowest BCUT2D eigenvalue weighted by atomic mass is 10.2. The van der Waals surface area contributed by atoms with Crippen molar-refractivity contribution in [1.82, 2.24) is 19.6 Å². The summed E-state index contributed by atoms with van der Waals surface area (Å²) in [4.78, 5) is 0. The van der Waals surface area contributed by atoms with Gasteiger partial charge in [0.2, 0.25) is 0 Å². The third kappa shape index (κ3) is 2.98. The Morgan fingerprint density at radius 2 is 1.12 bits per heavy atom. The molecule has 4 rings (SSSR count). The molecule has 0 saturated carbocycles. The van der Waals surface area contributed by atoms with E-state index in [9.17, 15) is 0 Å². The molecule has 0 aliphatic rings. The Kier molecular flexibility index (Phi) is 3.69. The van der Waals surface area contributed by atoms with Crippen LogP contribution in [-0.4, -0.2) is 19.6 Å². The molecule has 0 amide bonds. The van der Waals surface area contributed by atoms with E-state index < -0.39 is 0 Å². The van der Waals surface area contributed by atoms with Crippen LogP contribution in [0.25, 0.3) is 11.4 Å². The van der Waals surface area contributed by atoms with Crippen molar-refractivity contribution in [2.24, 2.45) is 0 Å². The summed E-state index contributed by atoms with van der Waals surface area (Å²) in [7, 11) is 0. The Hall–Kier alpha value is -3.54. The molecule has 2 N–H and O–H groups in total. The molecular formula is C18H16N6. The van der Waals surface area contributed by atoms with Gasteiger partial charge in [-0.1, -0.05) is 12.1 Å². The molecule has 118 valence electrons. The van der Waals surface area contributed by atoms with Crippen molar-refractivity contribution in [3.63, 3.8) is 0 Å². The Bertz CT molecular complexity index is 835. The zero-order chi connectivity index (χ0) is 16.2. The summed E-state index contributed by atoms with van der Waals surface area (Å²) in [6.45, 7) is 0. The highest BCUT2D eigenvalue weighted by Crippen LogP contribution is 2.17. The lowest BCUT2D eigenvalue weighted by Crippen LogP contribution is -2.09. The summed E-state index contributed by atoms with van der Waals surface area (Å²) < 4.78 is 3.65. The number of benzene rings is 2. The third-order valence-corrected chi connectivity index (χ3v) is 3.58. The zero-order valence-electron chi connectivity index (χ0n) is 12.9. The van der Waals surface area contributed by atoms with Gasteiger partial charge in [-0.05, 0) is 48.5 Å². The van der Waals surface area contributed by atoms with E-state index in [1.807, 2.05) is 82.4 Å². The molecule has 4 aromatic rings. The summed E-state index contributed by atoms with van der Waals surface area (Å²) in [5, 5.41) is 8.49. The Labute approximate surface area is 139 Å². The van der Waals surface area contributed by atoms with Gasteiger partial charge >= 0.3 is 0 Å². The maximum absolute atomic E-state index is 4.24. The van der Waals surface area contributed by atoms with Crippen LogP contribution in [-0.2, 0) is 0 Å². The smallest absolute Gasteiger partial charge is 0.0666 e. The summed E-state index contributed by atoms with van der Waals surface area (Å²) in [5.74, 6) is 0. The van der Waals surface area contributed by atoms with Crippen molar-refractivity contribution in [2.75, 3.05) is 10.9 Å². The number of hydrogen-bond acceptors (Lipinski definition) is 4. The van der Waals surface area contributed by atoms with Gasteiger partial charge in [0.15, 0.2) is 0 Å². The highest BCUT2D eigenvalue weighted by molar-refractivity contribution is 5.58. The molecule has 2 aromatic carbocycles. The van der Waals surface area contributed by atoms with Gasteiger partial charge < -0.3 is 10.9 Å². The average Bonchev–Trinajstić information content (AvgIpc) is 3.34. The van der Waals surface area contributed by atoms with Crippen LogP contribution in [0.2, 0.25) is 0 Å². The molecule has 0 aliphatic heterocycles. The molecule has 6 nitrogen and oxygen atoms in total. The minimum Gasteiger partial charge on any atom is -0.301 e. The van der Waals surface area contributed by atoms with E-state index in [1.165, 1.54) is 0 Å². The Morgan fingerprint density at radius 3 is 1.54 bits per heavy atom. The van der Waals surface area contributed by atoms with Crippen molar-refractivity contribution in [3.05, 3.63) is 85.5 Å². The highest BCUT2D eigenvalue weighted by atomic mass is 15.4. The first-order chi connectivity index (χ1) is 11.9. The number of anilines is 2. The number of rotatable bonds is 5. The van der Waals surface area contributed by atoms with Gasteiger partial charge in [0.05, 0.1) is 22.7 Å². The number of nitrogens with one attached hydrogen (secondary N) is 2. The normalized spacial score (nSPS) is 10.5. The fraction of sp³-hybridized carbons (Fsp3) is 0. The van der Waals surface area contributed by atoms with Crippen LogP contribution in [0.15, 0.2) is 85.5 Å². The van der Waals surface area contributed by atoms with Gasteiger partial charge in [-0.25, -0.2) is 9.36 Å². The fourth-order valence-electron chi connectivity index (χ4n) is 2.44. The Morgan fingerprint density at radius 1 is 0.625 bits per heavy atom. The molecular weight excluding hydrogens is 300 g/mol. The van der Waals surface area contributed by atoms with E-state index in [0.717, 1.165) is 22.7 Å². The van der Waals surface area contributed by atoms with Gasteiger partial charge in [0, 0.05) is 24.8 Å². The van der Waals surface area contributed by atoms with Crippen LogP contribution < -0.4 is 10.9 Å². The highest BCUT2D eigenvalue weighted by Gasteiger charge is 2.00. The average molecular weight is 316 g/mol. The minimum absolute atomic E-state index is 0.951. The van der Waals surface area contributed by atoms with Crippen molar-refractivity contribution in [3.8, 4) is 11.4 Å². The molecule has 0 spiro atoms. The van der Waals surface area contributed by atoms with Gasteiger partial charge in [-0.15, -0.1) is 0 Å². The van der Waals surface area contributed by atoms with E-state index in [-0.39, 0.29) is 0 Å². The molecule has 2 aromatic heterocycles. The Balaban J connectivity index is 1.49. The monoisotopic (exact) mass is 316 g/mol. The first-order valence-electron chi connectivity index (χ1n) is 7.61. The number of hydrazine groups is 1. The number of aromatic nitrogens is 4. The van der Waals surface area contributed by atoms with E-state index >= 15 is 0 Å². The van der Waals surface area contributed by atoms with Crippen LogP contribution in [0, 0.1) is 0 Å². The molecule has 0 aliphatic carbocycles. The molecule has 2 heterocycles. The van der Waals surface area contributed by atoms with E-state index in [1.54, 1.807) is 12.4 Å². The zero-order valence-corrected chi connectivity index (χ0v) is 12.9. The van der Waals surface area contributed by atoms with E-state index in [0.29, 0.717) is 0 Å². The van der Waals surface area contributed by atoms with Crippen molar-refractivity contribution in [2.45, 2.75) is 0 Å². The van der Waals surface area contributed by atoms with Crippen LogP contribution in [0.4, 0.5) is 11.4 Å². The van der Waals surface area contributed by atoms with Gasteiger partial charge in [0.25, 0.3) is 0 Å². The largest absolute Gasteiger partial charge is 0.301 e. The first-order valence-corrected chi connectivity index (χ1v) is 7.61. The molecule has 0 fully saturated rings. The van der Waals surface area contributed by atoms with Gasteiger partial charge in [-0.2, -0.15) is 10.2 Å². The molecule has 0 bridgehead atoms. The standard InChI is InChI=1S/C18H16N6/c1-5-15(13-17(7-1)23-11-3-9-19-23)21-22-16-6-2-8-18(14-16)24-12-4-10-20-24/h1-14,21-22H. The number of nitrogens with zero attached hydrogens (tertiary/aromatic N) is 4. The van der Waals surface area contributed by atoms with Gasteiger partial charge in [-0.3, -0.25) is 0 Å². The molecule has 0 radical (unpaired) electrons. The summed E-state index contributed by atoms with van der Waals surface area (Å²) in [6, 6.07) is 19.8. The fourth-order valence-corrected chi connectivity index (χ4v) is 2.44. The summed E-state index contributed by atoms with van der Waals surface area (Å²) in [5.41, 5.74) is 10.3. The second-order valence-corrected chi connectivity index (χ2v) is 5.25. The molecule has 0 atom stereocenters. The van der Waals surface area contributed by atoms with Crippen LogP contribution in [0.5, 0.6) is 0 Å². The van der Waals surface area contributed by atoms with Crippen LogP contribution in [0.3, 0.4) is 0 Å². The topological polar surface area (TPSA) is 59.7 Å². The first kappa shape index (κ1) is 14.1. The molecule has 0 saturated heterocycles. The van der Waals surface area contributed by atoms with Crippen molar-refractivity contribution >= 4 is 11.4 Å². The molecule has 24 heavy (non-hydrogen) atoms. The second-order valence-electron chi connectivity index (χ2n) is 5.25. The lowest BCUT2D eigenvalue weighted by molar-refractivity contribution is 0.880. The summed E-state index contributed by atoms with van der Waals surface area (Å²) in [6.07, 6.45) is 7.36. The van der Waals surface area contributed by atoms with Crippen molar-refractivity contribution in [1.29, 1.82) is 0 Å². The molecule has 0 unspecified atom stereocenters. The van der Waals surface area contributed by atoms with Crippen molar-refractivity contribution < 1.29 is 0 Å². The van der Waals surface area contributed by atoms with Crippen LogP contribution >= 0.6 is 0 Å². The second kappa shape index (κ2) is 6.29. The van der Waals surface area contributed by atoms with Crippen LogP contribution in [0.1, 0.15) is 0 Å². The van der Waals surface area contributed by atoms with Gasteiger partial charge in [0.1, 0.15) is 0 Å². The van der Waals surface area contributed by atoms with E-state index in [2.05, 4.69) is 21.0 Å². The third-order valence-electron chi connectivity index (χ3n) is 3.58. The quantitative estimate of drug-likeness (QED) is 0.553. The van der Waals surface area contributed by atoms with E-state index in [4.69, 9.17) is 0 Å². The number of hydrogen-bond donors (Lipinski definition) is 2. The predicted octanol–water partition coefficient (Wildman–Crippen LogP) is 3.50. The maximum atomic E-state index is 4.24. The summed E-state index contributed by atoms with van der Waals surface area (Å²) >= 11 is 0. The predicted molar refractivity (Wildman–Crippen MR) is 94.4 cm³/mol. The lowest BCUT2D eigenvalue weighted by Gasteiger charge is -2.12. The SMILES string of the molecule is c1cc(NNc2cccc(-n3cccn3)c2)cc(-n2cccn2)c1. The molecule has 6 heteroatoms. The minimum atomic E-state index is 0.951.